The van der Waals surface area contributed by atoms with Gasteiger partial charge in [-0.1, -0.05) is 30.3 Å². The SMILES string of the molecule is CC(NC(=O)CN1CCNCC1c1nccn1C)c1ccccc1.Cl. The summed E-state index contributed by atoms with van der Waals surface area (Å²) in [6, 6.07) is 10.2. The molecule has 2 N–H and O–H groups in total. The van der Waals surface area contributed by atoms with Gasteiger partial charge in [0, 0.05) is 39.1 Å². The number of rotatable bonds is 5. The zero-order chi connectivity index (χ0) is 16.9. The van der Waals surface area contributed by atoms with E-state index in [1.54, 1.807) is 6.20 Å². The predicted molar refractivity (Wildman–Crippen MR) is 101 cm³/mol. The maximum Gasteiger partial charge on any atom is 0.234 e. The first-order valence-corrected chi connectivity index (χ1v) is 8.41. The number of carbonyl (C=O) groups excluding carboxylic acids is 1. The van der Waals surface area contributed by atoms with Crippen LogP contribution >= 0.6 is 12.4 Å². The van der Waals surface area contributed by atoms with E-state index in [2.05, 4.69) is 20.5 Å². The highest BCUT2D eigenvalue weighted by Crippen LogP contribution is 2.20. The maximum absolute atomic E-state index is 12.5. The summed E-state index contributed by atoms with van der Waals surface area (Å²) in [4.78, 5) is 19.2. The van der Waals surface area contributed by atoms with Gasteiger partial charge in [-0.2, -0.15) is 0 Å². The summed E-state index contributed by atoms with van der Waals surface area (Å²) in [5.74, 6) is 1.04. The van der Waals surface area contributed by atoms with E-state index in [0.29, 0.717) is 6.54 Å². The zero-order valence-corrected chi connectivity index (χ0v) is 15.5. The number of aryl methyl sites for hydroxylation is 1. The first-order chi connectivity index (χ1) is 11.6. The van der Waals surface area contributed by atoms with Gasteiger partial charge in [0.2, 0.25) is 5.91 Å². The third-order valence-electron chi connectivity index (χ3n) is 4.53. The molecule has 2 aromatic rings. The summed E-state index contributed by atoms with van der Waals surface area (Å²) in [6.07, 6.45) is 3.75. The Balaban J connectivity index is 0.00000225. The molecule has 1 amide bonds. The first kappa shape index (κ1) is 19.4. The van der Waals surface area contributed by atoms with Gasteiger partial charge in [0.1, 0.15) is 5.82 Å². The highest BCUT2D eigenvalue weighted by atomic mass is 35.5. The van der Waals surface area contributed by atoms with Gasteiger partial charge in [-0.25, -0.2) is 4.98 Å². The van der Waals surface area contributed by atoms with Crippen LogP contribution in [0.4, 0.5) is 0 Å². The third kappa shape index (κ3) is 4.81. The number of nitrogens with one attached hydrogen (secondary N) is 2. The van der Waals surface area contributed by atoms with Gasteiger partial charge in [0.05, 0.1) is 18.6 Å². The first-order valence-electron chi connectivity index (χ1n) is 8.41. The molecule has 1 aliphatic heterocycles. The lowest BCUT2D eigenvalue weighted by Crippen LogP contribution is -2.50. The fourth-order valence-corrected chi connectivity index (χ4v) is 3.19. The molecule has 1 aromatic carbocycles. The van der Waals surface area contributed by atoms with Crippen molar-refractivity contribution in [2.75, 3.05) is 26.2 Å². The van der Waals surface area contributed by atoms with Gasteiger partial charge in [-0.05, 0) is 12.5 Å². The molecule has 1 aliphatic rings. The molecule has 0 radical (unpaired) electrons. The molecule has 1 fully saturated rings. The number of amides is 1. The van der Waals surface area contributed by atoms with Crippen LogP contribution in [0.2, 0.25) is 0 Å². The van der Waals surface area contributed by atoms with Crippen LogP contribution in [0.3, 0.4) is 0 Å². The van der Waals surface area contributed by atoms with Crippen LogP contribution in [-0.2, 0) is 11.8 Å². The van der Waals surface area contributed by atoms with Gasteiger partial charge in [-0.15, -0.1) is 12.4 Å². The Kier molecular flexibility index (Phi) is 6.99. The maximum atomic E-state index is 12.5. The van der Waals surface area contributed by atoms with E-state index in [1.165, 1.54) is 0 Å². The standard InChI is InChI=1S/C18H25N5O.ClH/c1-14(15-6-4-3-5-7-15)21-17(24)13-23-11-8-19-12-16(23)18-20-9-10-22(18)2;/h3-7,9-10,14,16,19H,8,11-13H2,1-2H3,(H,21,24);1H. The van der Waals surface area contributed by atoms with Gasteiger partial charge in [0.15, 0.2) is 0 Å². The fraction of sp³-hybridized carbons (Fsp3) is 0.444. The number of hydrogen-bond donors (Lipinski definition) is 2. The molecule has 0 spiro atoms. The molecule has 2 unspecified atom stereocenters. The Morgan fingerprint density at radius 2 is 2.16 bits per heavy atom. The number of carbonyl (C=O) groups is 1. The van der Waals surface area contributed by atoms with Crippen LogP contribution < -0.4 is 10.6 Å². The number of piperazine rings is 1. The van der Waals surface area contributed by atoms with Crippen LogP contribution in [0, 0.1) is 0 Å². The second kappa shape index (κ2) is 8.99. The quantitative estimate of drug-likeness (QED) is 0.848. The fourth-order valence-electron chi connectivity index (χ4n) is 3.19. The minimum absolute atomic E-state index is 0. The number of aromatic nitrogens is 2. The molecule has 0 saturated carbocycles. The highest BCUT2D eigenvalue weighted by molar-refractivity contribution is 5.85. The van der Waals surface area contributed by atoms with Crippen molar-refractivity contribution >= 4 is 18.3 Å². The van der Waals surface area contributed by atoms with Crippen LogP contribution in [0.1, 0.15) is 30.4 Å². The Bertz CT molecular complexity index is 675. The summed E-state index contributed by atoms with van der Waals surface area (Å²) < 4.78 is 2.02. The van der Waals surface area contributed by atoms with Gasteiger partial charge in [0.25, 0.3) is 0 Å². The monoisotopic (exact) mass is 363 g/mol. The van der Waals surface area contributed by atoms with Crippen LogP contribution in [-0.4, -0.2) is 46.5 Å². The molecule has 0 aliphatic carbocycles. The molecule has 1 aromatic heterocycles. The minimum atomic E-state index is 0. The number of halogens is 1. The smallest absolute Gasteiger partial charge is 0.234 e. The van der Waals surface area contributed by atoms with E-state index in [-0.39, 0.29) is 30.4 Å². The summed E-state index contributed by atoms with van der Waals surface area (Å²) in [5, 5.41) is 6.49. The number of nitrogens with zero attached hydrogens (tertiary/aromatic N) is 3. The molecular formula is C18H26ClN5O. The molecule has 7 heteroatoms. The molecular weight excluding hydrogens is 338 g/mol. The lowest BCUT2D eigenvalue weighted by atomic mass is 10.1. The topological polar surface area (TPSA) is 62.2 Å². The molecule has 6 nitrogen and oxygen atoms in total. The Hall–Kier alpha value is -1.89. The van der Waals surface area contributed by atoms with Crippen molar-refractivity contribution < 1.29 is 4.79 Å². The molecule has 0 bridgehead atoms. The van der Waals surface area contributed by atoms with Gasteiger partial charge >= 0.3 is 0 Å². The number of hydrogen-bond acceptors (Lipinski definition) is 4. The van der Waals surface area contributed by atoms with Crippen molar-refractivity contribution in [3.8, 4) is 0 Å². The van der Waals surface area contributed by atoms with E-state index < -0.39 is 0 Å². The normalized spacial score (nSPS) is 19.0. The van der Waals surface area contributed by atoms with E-state index in [0.717, 1.165) is 31.0 Å². The second-order valence-corrected chi connectivity index (χ2v) is 6.29. The Morgan fingerprint density at radius 1 is 1.40 bits per heavy atom. The third-order valence-corrected chi connectivity index (χ3v) is 4.53. The molecule has 136 valence electrons. The highest BCUT2D eigenvalue weighted by Gasteiger charge is 2.28. The van der Waals surface area contributed by atoms with Crippen molar-refractivity contribution in [2.45, 2.75) is 19.0 Å². The van der Waals surface area contributed by atoms with E-state index >= 15 is 0 Å². The summed E-state index contributed by atoms with van der Waals surface area (Å²) >= 11 is 0. The van der Waals surface area contributed by atoms with Gasteiger partial charge < -0.3 is 15.2 Å². The van der Waals surface area contributed by atoms with Crippen molar-refractivity contribution in [1.82, 2.24) is 25.1 Å². The van der Waals surface area contributed by atoms with E-state index in [4.69, 9.17) is 0 Å². The van der Waals surface area contributed by atoms with E-state index in [1.807, 2.05) is 55.1 Å². The second-order valence-electron chi connectivity index (χ2n) is 6.29. The molecule has 25 heavy (non-hydrogen) atoms. The average molecular weight is 364 g/mol. The van der Waals surface area contributed by atoms with E-state index in [9.17, 15) is 4.79 Å². The lowest BCUT2D eigenvalue weighted by Gasteiger charge is -2.35. The van der Waals surface area contributed by atoms with Crippen LogP contribution in [0.15, 0.2) is 42.7 Å². The lowest BCUT2D eigenvalue weighted by molar-refractivity contribution is -0.123. The summed E-state index contributed by atoms with van der Waals surface area (Å²) in [5.41, 5.74) is 1.12. The van der Waals surface area contributed by atoms with Crippen LogP contribution in [0.25, 0.3) is 0 Å². The summed E-state index contributed by atoms with van der Waals surface area (Å²) in [6.45, 7) is 4.94. The molecule has 3 rings (SSSR count). The largest absolute Gasteiger partial charge is 0.348 e. The molecule has 1 saturated heterocycles. The average Bonchev–Trinajstić information content (AvgIpc) is 3.02. The summed E-state index contributed by atoms with van der Waals surface area (Å²) in [7, 11) is 1.99. The van der Waals surface area contributed by atoms with Crippen molar-refractivity contribution in [3.05, 3.63) is 54.1 Å². The minimum Gasteiger partial charge on any atom is -0.348 e. The molecule has 2 heterocycles. The van der Waals surface area contributed by atoms with Gasteiger partial charge in [-0.3, -0.25) is 9.69 Å². The number of imidazole rings is 1. The van der Waals surface area contributed by atoms with Crippen molar-refractivity contribution in [1.29, 1.82) is 0 Å². The molecule has 2 atom stereocenters. The number of benzene rings is 1. The van der Waals surface area contributed by atoms with Crippen molar-refractivity contribution in [3.63, 3.8) is 0 Å². The predicted octanol–water partition coefficient (Wildman–Crippen LogP) is 1.67. The van der Waals surface area contributed by atoms with Crippen molar-refractivity contribution in [2.24, 2.45) is 7.05 Å². The Labute approximate surface area is 155 Å². The Morgan fingerprint density at radius 3 is 2.84 bits per heavy atom. The van der Waals surface area contributed by atoms with Crippen LogP contribution in [0.5, 0.6) is 0 Å². The zero-order valence-electron chi connectivity index (χ0n) is 14.7.